The van der Waals surface area contributed by atoms with Gasteiger partial charge in [-0.3, -0.25) is 0 Å². The second-order valence-corrected chi connectivity index (χ2v) is 7.70. The van der Waals surface area contributed by atoms with Crippen molar-refractivity contribution in [2.24, 2.45) is 0 Å². The smallest absolute Gasteiger partial charge is 0.237 e. The summed E-state index contributed by atoms with van der Waals surface area (Å²) in [6.07, 6.45) is 0. The summed E-state index contributed by atoms with van der Waals surface area (Å²) >= 11 is 13.5. The van der Waals surface area contributed by atoms with Gasteiger partial charge in [-0.15, -0.1) is 10.2 Å². The van der Waals surface area contributed by atoms with E-state index in [1.807, 2.05) is 31.2 Å². The van der Waals surface area contributed by atoms with Gasteiger partial charge in [0.2, 0.25) is 16.9 Å². The molecule has 2 aromatic heterocycles. The molecule has 0 spiro atoms. The fourth-order valence-corrected chi connectivity index (χ4v) is 3.79. The van der Waals surface area contributed by atoms with Crippen molar-refractivity contribution in [3.8, 4) is 22.8 Å². The van der Waals surface area contributed by atoms with Crippen molar-refractivity contribution >= 4 is 35.0 Å². The van der Waals surface area contributed by atoms with Crippen LogP contribution in [0.5, 0.6) is 0 Å². The number of rotatable bonds is 5. The monoisotopic (exact) mass is 432 g/mol. The first-order valence-corrected chi connectivity index (χ1v) is 9.94. The highest BCUT2D eigenvalue weighted by Gasteiger charge is 2.17. The van der Waals surface area contributed by atoms with Crippen LogP contribution >= 0.6 is 35.0 Å². The molecule has 0 bridgehead atoms. The van der Waals surface area contributed by atoms with Crippen molar-refractivity contribution in [2.75, 3.05) is 5.84 Å². The number of hydrogen-bond donors (Lipinski definition) is 1. The first kappa shape index (κ1) is 18.8. The van der Waals surface area contributed by atoms with Crippen LogP contribution in [0.25, 0.3) is 22.8 Å². The van der Waals surface area contributed by atoms with Crippen LogP contribution in [0, 0.1) is 6.92 Å². The molecule has 0 radical (unpaired) electrons. The van der Waals surface area contributed by atoms with Crippen LogP contribution in [-0.4, -0.2) is 25.0 Å². The molecule has 2 N–H and O–H groups in total. The summed E-state index contributed by atoms with van der Waals surface area (Å²) in [5.74, 6) is 8.00. The van der Waals surface area contributed by atoms with Crippen molar-refractivity contribution in [3.63, 3.8) is 0 Å². The number of nitrogens with two attached hydrogens (primary N) is 1. The molecule has 0 saturated carbocycles. The zero-order valence-corrected chi connectivity index (χ0v) is 17.0. The van der Waals surface area contributed by atoms with Crippen LogP contribution in [0.15, 0.2) is 52.1 Å². The normalized spacial score (nSPS) is 11.1. The van der Waals surface area contributed by atoms with Crippen LogP contribution < -0.4 is 5.84 Å². The quantitative estimate of drug-likeness (QED) is 0.363. The van der Waals surface area contributed by atoms with Crippen molar-refractivity contribution in [2.45, 2.75) is 17.8 Å². The number of aryl methyl sites for hydroxylation is 1. The molecular weight excluding hydrogens is 419 g/mol. The van der Waals surface area contributed by atoms with Gasteiger partial charge in [0.1, 0.15) is 0 Å². The molecule has 0 saturated heterocycles. The number of benzene rings is 2. The van der Waals surface area contributed by atoms with Gasteiger partial charge in [-0.2, -0.15) is 4.98 Å². The number of hydrogen-bond acceptors (Lipinski definition) is 7. The lowest BCUT2D eigenvalue weighted by molar-refractivity contribution is 0.391. The Hall–Kier alpha value is -2.55. The van der Waals surface area contributed by atoms with Gasteiger partial charge in [0.25, 0.3) is 0 Å². The van der Waals surface area contributed by atoms with Crippen LogP contribution in [0.1, 0.15) is 11.5 Å². The van der Waals surface area contributed by atoms with E-state index < -0.39 is 0 Å². The molecule has 10 heteroatoms. The molecule has 0 aliphatic carbocycles. The van der Waals surface area contributed by atoms with Gasteiger partial charge in [-0.05, 0) is 30.7 Å². The summed E-state index contributed by atoms with van der Waals surface area (Å²) in [6, 6.07) is 13.0. The molecule has 0 atom stereocenters. The fourth-order valence-electron chi connectivity index (χ4n) is 2.60. The van der Waals surface area contributed by atoms with E-state index in [0.29, 0.717) is 44.1 Å². The number of halogens is 2. The predicted molar refractivity (Wildman–Crippen MR) is 110 cm³/mol. The summed E-state index contributed by atoms with van der Waals surface area (Å²) in [7, 11) is 0. The van der Waals surface area contributed by atoms with E-state index in [-0.39, 0.29) is 0 Å². The maximum absolute atomic E-state index is 6.23. The molecule has 4 rings (SSSR count). The van der Waals surface area contributed by atoms with Gasteiger partial charge in [0, 0.05) is 16.1 Å². The molecule has 142 valence electrons. The van der Waals surface area contributed by atoms with Crippen molar-refractivity contribution < 1.29 is 4.52 Å². The largest absolute Gasteiger partial charge is 0.338 e. The zero-order valence-electron chi connectivity index (χ0n) is 14.6. The Kier molecular flexibility index (Phi) is 5.25. The second kappa shape index (κ2) is 7.83. The average Bonchev–Trinajstić information content (AvgIpc) is 3.28. The van der Waals surface area contributed by atoms with Crippen molar-refractivity contribution in [1.29, 1.82) is 0 Å². The Morgan fingerprint density at radius 1 is 1.11 bits per heavy atom. The Labute approximate surface area is 174 Å². The molecule has 0 aliphatic heterocycles. The maximum atomic E-state index is 6.23. The third-order valence-electron chi connectivity index (χ3n) is 4.02. The third kappa shape index (κ3) is 3.71. The van der Waals surface area contributed by atoms with Gasteiger partial charge < -0.3 is 10.4 Å². The zero-order chi connectivity index (χ0) is 19.7. The third-order valence-corrected chi connectivity index (χ3v) is 5.49. The maximum Gasteiger partial charge on any atom is 0.237 e. The molecule has 2 aromatic carbocycles. The summed E-state index contributed by atoms with van der Waals surface area (Å²) in [5.41, 5.74) is 2.66. The van der Waals surface area contributed by atoms with Crippen LogP contribution in [-0.2, 0) is 5.75 Å². The molecule has 2 heterocycles. The Morgan fingerprint density at radius 3 is 2.71 bits per heavy atom. The number of nitrogen functional groups attached to an aromatic ring is 1. The van der Waals surface area contributed by atoms with E-state index in [4.69, 9.17) is 33.6 Å². The van der Waals surface area contributed by atoms with Crippen LogP contribution in [0.2, 0.25) is 10.0 Å². The summed E-state index contributed by atoms with van der Waals surface area (Å²) in [6.45, 7) is 2.00. The summed E-state index contributed by atoms with van der Waals surface area (Å²) in [5, 5.41) is 13.8. The SMILES string of the molecule is Cc1ccccc1-c1noc(CSc2nnc(-c3ccc(Cl)cc3Cl)n2N)n1. The number of aromatic nitrogens is 5. The average molecular weight is 433 g/mol. The first-order valence-electron chi connectivity index (χ1n) is 8.20. The minimum absolute atomic E-state index is 0.405. The van der Waals surface area contributed by atoms with E-state index in [0.717, 1.165) is 11.1 Å². The van der Waals surface area contributed by atoms with Gasteiger partial charge in [-0.25, -0.2) is 4.68 Å². The minimum atomic E-state index is 0.405. The van der Waals surface area contributed by atoms with Gasteiger partial charge in [0.15, 0.2) is 5.82 Å². The van der Waals surface area contributed by atoms with Gasteiger partial charge in [0.05, 0.1) is 10.8 Å². The second-order valence-electron chi connectivity index (χ2n) is 5.92. The highest BCUT2D eigenvalue weighted by molar-refractivity contribution is 7.98. The highest BCUT2D eigenvalue weighted by atomic mass is 35.5. The summed E-state index contributed by atoms with van der Waals surface area (Å²) in [4.78, 5) is 4.44. The predicted octanol–water partition coefficient (Wildman–Crippen LogP) is 4.62. The van der Waals surface area contributed by atoms with E-state index in [1.165, 1.54) is 16.4 Å². The lowest BCUT2D eigenvalue weighted by Crippen LogP contribution is -2.11. The van der Waals surface area contributed by atoms with Crippen molar-refractivity contribution in [1.82, 2.24) is 25.0 Å². The topological polar surface area (TPSA) is 95.7 Å². The molecule has 0 fully saturated rings. The Balaban J connectivity index is 1.51. The van der Waals surface area contributed by atoms with Gasteiger partial charge in [-0.1, -0.05) is 64.4 Å². The van der Waals surface area contributed by atoms with Crippen LogP contribution in [0.3, 0.4) is 0 Å². The van der Waals surface area contributed by atoms with Crippen LogP contribution in [0.4, 0.5) is 0 Å². The lowest BCUT2D eigenvalue weighted by Gasteiger charge is -2.05. The molecule has 7 nitrogen and oxygen atoms in total. The van der Waals surface area contributed by atoms with E-state index >= 15 is 0 Å². The Morgan fingerprint density at radius 2 is 1.93 bits per heavy atom. The standard InChI is InChI=1S/C18H14Cl2N6OS/c1-10-4-2-3-5-12(10)16-22-15(27-25-16)9-28-18-24-23-17(26(18)21)13-7-6-11(19)8-14(13)20/h2-8H,9,21H2,1H3. The first-order chi connectivity index (χ1) is 13.5. The minimum Gasteiger partial charge on any atom is -0.338 e. The molecule has 0 unspecified atom stereocenters. The van der Waals surface area contributed by atoms with E-state index in [2.05, 4.69) is 20.3 Å². The van der Waals surface area contributed by atoms with Crippen molar-refractivity contribution in [3.05, 3.63) is 64.0 Å². The molecule has 4 aromatic rings. The Bertz CT molecular complexity index is 1140. The van der Waals surface area contributed by atoms with E-state index in [1.54, 1.807) is 18.2 Å². The molecular formula is C18H14Cl2N6OS. The molecule has 0 aliphatic rings. The lowest BCUT2D eigenvalue weighted by atomic mass is 10.1. The van der Waals surface area contributed by atoms with Gasteiger partial charge >= 0.3 is 0 Å². The summed E-state index contributed by atoms with van der Waals surface area (Å²) < 4.78 is 6.72. The van der Waals surface area contributed by atoms with E-state index in [9.17, 15) is 0 Å². The molecule has 28 heavy (non-hydrogen) atoms. The highest BCUT2D eigenvalue weighted by Crippen LogP contribution is 2.31. The molecule has 0 amide bonds. The number of thioether (sulfide) groups is 1. The fraction of sp³-hybridized carbons (Fsp3) is 0.111. The number of nitrogens with zero attached hydrogens (tertiary/aromatic N) is 5.